The molecule has 1 aromatic rings. The number of aromatic nitrogens is 1. The Morgan fingerprint density at radius 3 is 2.55 bits per heavy atom. The predicted octanol–water partition coefficient (Wildman–Crippen LogP) is 0.533. The topological polar surface area (TPSA) is 97.4 Å². The Kier molecular flexibility index (Phi) is 5.15. The summed E-state index contributed by atoms with van der Waals surface area (Å²) in [7, 11) is -0.646. The smallest absolute Gasteiger partial charge is 0.257 e. The molecule has 0 saturated heterocycles. The average molecular weight is 327 g/mol. The summed E-state index contributed by atoms with van der Waals surface area (Å²) < 4.78 is 30.8. The van der Waals surface area contributed by atoms with E-state index < -0.39 is 10.0 Å². The third-order valence-corrected chi connectivity index (χ3v) is 5.08. The summed E-state index contributed by atoms with van der Waals surface area (Å²) in [6.07, 6.45) is 3.50. The lowest BCUT2D eigenvalue weighted by Crippen LogP contribution is -2.43. The maximum atomic E-state index is 12.2. The van der Waals surface area contributed by atoms with Crippen LogP contribution in [0.3, 0.4) is 0 Å². The zero-order chi connectivity index (χ0) is 16.3. The summed E-state index contributed by atoms with van der Waals surface area (Å²) in [6, 6.07) is 2.63. The first-order chi connectivity index (χ1) is 10.4. The molecule has 0 radical (unpaired) electrons. The Bertz CT molecular complexity index is 626. The number of carbonyl (C=O) groups is 1. The largest absolute Gasteiger partial charge is 0.379 e. The van der Waals surface area contributed by atoms with Crippen LogP contribution < -0.4 is 10.0 Å². The van der Waals surface area contributed by atoms with Crippen molar-refractivity contribution in [3.8, 4) is 0 Å². The van der Waals surface area contributed by atoms with Gasteiger partial charge in [-0.15, -0.1) is 0 Å². The zero-order valence-corrected chi connectivity index (χ0v) is 13.7. The van der Waals surface area contributed by atoms with Crippen LogP contribution in [0, 0.1) is 5.92 Å². The minimum absolute atomic E-state index is 0.000788. The van der Waals surface area contributed by atoms with E-state index in [1.165, 1.54) is 25.4 Å². The Morgan fingerprint density at radius 2 is 2.09 bits per heavy atom. The number of hydrogen-bond donors (Lipinski definition) is 2. The number of nitrogens with one attached hydrogen (secondary N) is 2. The molecular weight excluding hydrogens is 306 g/mol. The number of hydrogen-bond acceptors (Lipinski definition) is 5. The molecule has 1 heterocycles. The summed E-state index contributed by atoms with van der Waals surface area (Å²) in [6.45, 7) is 1.90. The monoisotopic (exact) mass is 327 g/mol. The van der Waals surface area contributed by atoms with Crippen molar-refractivity contribution in [3.05, 3.63) is 23.9 Å². The lowest BCUT2D eigenvalue weighted by atomic mass is 10.1. The van der Waals surface area contributed by atoms with Gasteiger partial charge in [-0.3, -0.25) is 4.79 Å². The van der Waals surface area contributed by atoms with Gasteiger partial charge in [0, 0.05) is 13.3 Å². The molecule has 1 amide bonds. The number of carbonyl (C=O) groups excluding carboxylic acids is 1. The van der Waals surface area contributed by atoms with Crippen molar-refractivity contribution < 1.29 is 17.9 Å². The van der Waals surface area contributed by atoms with Gasteiger partial charge in [0.05, 0.1) is 17.7 Å². The number of nitrogens with zero attached hydrogens (tertiary/aromatic N) is 1. The molecule has 8 heteroatoms. The van der Waals surface area contributed by atoms with Gasteiger partial charge in [-0.1, -0.05) is 0 Å². The predicted molar refractivity (Wildman–Crippen MR) is 80.9 cm³/mol. The fraction of sp³-hybridized carbons (Fsp3) is 0.571. The Labute approximate surface area is 130 Å². The summed E-state index contributed by atoms with van der Waals surface area (Å²) in [5, 5.41) is 2.75. The number of pyridine rings is 1. The molecule has 2 N–H and O–H groups in total. The van der Waals surface area contributed by atoms with E-state index in [-0.39, 0.29) is 23.1 Å². The van der Waals surface area contributed by atoms with Gasteiger partial charge in [0.2, 0.25) is 0 Å². The van der Waals surface area contributed by atoms with Crippen LogP contribution in [0.1, 0.15) is 30.1 Å². The van der Waals surface area contributed by atoms with Crippen LogP contribution in [-0.2, 0) is 14.8 Å². The van der Waals surface area contributed by atoms with Gasteiger partial charge in [-0.2, -0.15) is 0 Å². The summed E-state index contributed by atoms with van der Waals surface area (Å²) in [5.74, 6) is 0.206. The molecule has 2 rings (SSSR count). The highest BCUT2D eigenvalue weighted by molar-refractivity contribution is 7.89. The highest BCUT2D eigenvalue weighted by Gasteiger charge is 2.35. The number of rotatable bonds is 7. The molecule has 7 nitrogen and oxygen atoms in total. The molecule has 1 saturated carbocycles. The van der Waals surface area contributed by atoms with Gasteiger partial charge in [0.15, 0.2) is 5.03 Å². The average Bonchev–Trinajstić information content (AvgIpc) is 3.33. The van der Waals surface area contributed by atoms with E-state index in [0.717, 1.165) is 12.8 Å². The van der Waals surface area contributed by atoms with Crippen LogP contribution in [0.25, 0.3) is 0 Å². The van der Waals surface area contributed by atoms with Crippen LogP contribution >= 0.6 is 0 Å². The molecule has 1 aliphatic rings. The van der Waals surface area contributed by atoms with Crippen molar-refractivity contribution in [3.63, 3.8) is 0 Å². The molecule has 1 fully saturated rings. The molecule has 0 aliphatic heterocycles. The second-order valence-electron chi connectivity index (χ2n) is 5.39. The van der Waals surface area contributed by atoms with E-state index in [1.807, 2.05) is 6.92 Å². The minimum atomic E-state index is -3.60. The maximum absolute atomic E-state index is 12.2. The first kappa shape index (κ1) is 16.9. The molecule has 1 aromatic heterocycles. The highest BCUT2D eigenvalue weighted by atomic mass is 32.2. The van der Waals surface area contributed by atoms with Crippen molar-refractivity contribution in [2.75, 3.05) is 14.2 Å². The number of methoxy groups -OCH3 is 1. The molecule has 0 aromatic carbocycles. The van der Waals surface area contributed by atoms with E-state index in [0.29, 0.717) is 11.5 Å². The summed E-state index contributed by atoms with van der Waals surface area (Å²) >= 11 is 0. The molecule has 1 aliphatic carbocycles. The van der Waals surface area contributed by atoms with Crippen LogP contribution in [0.2, 0.25) is 0 Å². The van der Waals surface area contributed by atoms with E-state index in [4.69, 9.17) is 4.74 Å². The summed E-state index contributed by atoms with van der Waals surface area (Å²) in [5.41, 5.74) is 0.313. The van der Waals surface area contributed by atoms with Gasteiger partial charge < -0.3 is 10.1 Å². The van der Waals surface area contributed by atoms with Crippen molar-refractivity contribution in [1.82, 2.24) is 15.0 Å². The van der Waals surface area contributed by atoms with Gasteiger partial charge in [-0.25, -0.2) is 18.1 Å². The molecule has 0 bridgehead atoms. The van der Waals surface area contributed by atoms with E-state index in [9.17, 15) is 13.2 Å². The van der Waals surface area contributed by atoms with Gasteiger partial charge >= 0.3 is 0 Å². The van der Waals surface area contributed by atoms with E-state index in [1.54, 1.807) is 7.11 Å². The molecule has 22 heavy (non-hydrogen) atoms. The third-order valence-electron chi connectivity index (χ3n) is 3.75. The zero-order valence-electron chi connectivity index (χ0n) is 12.9. The fourth-order valence-electron chi connectivity index (χ4n) is 2.38. The molecule has 2 atom stereocenters. The second-order valence-corrected chi connectivity index (χ2v) is 7.23. The first-order valence-electron chi connectivity index (χ1n) is 7.12. The lowest BCUT2D eigenvalue weighted by Gasteiger charge is -2.23. The Balaban J connectivity index is 2.03. The van der Waals surface area contributed by atoms with Crippen LogP contribution in [0.5, 0.6) is 0 Å². The van der Waals surface area contributed by atoms with E-state index >= 15 is 0 Å². The molecule has 122 valence electrons. The van der Waals surface area contributed by atoms with Crippen molar-refractivity contribution in [2.24, 2.45) is 5.92 Å². The van der Waals surface area contributed by atoms with Crippen molar-refractivity contribution >= 4 is 15.9 Å². The Hall–Kier alpha value is -1.51. The quantitative estimate of drug-likeness (QED) is 0.761. The lowest BCUT2D eigenvalue weighted by molar-refractivity contribution is 0.0519. The maximum Gasteiger partial charge on any atom is 0.257 e. The SMILES string of the molecule is CNS(=O)(=O)c1ccc(C(=O)NC(C)C(OC)C2CC2)cn1. The van der Waals surface area contributed by atoms with Gasteiger partial charge in [0.1, 0.15) is 0 Å². The molecular formula is C14H21N3O4S. The molecule has 0 spiro atoms. The van der Waals surface area contributed by atoms with Gasteiger partial charge in [-0.05, 0) is 44.9 Å². The Morgan fingerprint density at radius 1 is 1.41 bits per heavy atom. The first-order valence-corrected chi connectivity index (χ1v) is 8.60. The second kappa shape index (κ2) is 6.72. The molecule has 2 unspecified atom stereocenters. The normalized spacial score (nSPS) is 17.8. The fourth-order valence-corrected chi connectivity index (χ4v) is 3.03. The van der Waals surface area contributed by atoms with Gasteiger partial charge in [0.25, 0.3) is 15.9 Å². The van der Waals surface area contributed by atoms with Crippen molar-refractivity contribution in [1.29, 1.82) is 0 Å². The van der Waals surface area contributed by atoms with Crippen LogP contribution in [0.4, 0.5) is 0 Å². The summed E-state index contributed by atoms with van der Waals surface area (Å²) in [4.78, 5) is 16.0. The van der Waals surface area contributed by atoms with Crippen LogP contribution in [0.15, 0.2) is 23.4 Å². The number of ether oxygens (including phenoxy) is 1. The highest BCUT2D eigenvalue weighted by Crippen LogP contribution is 2.35. The number of amides is 1. The standard InChI is InChI=1S/C14H21N3O4S/c1-9(13(21-3)10-4-5-10)17-14(18)11-6-7-12(16-8-11)22(19,20)15-2/h6-10,13,15H,4-5H2,1-3H3,(H,17,18). The third kappa shape index (κ3) is 3.82. The van der Waals surface area contributed by atoms with E-state index in [2.05, 4.69) is 15.0 Å². The van der Waals surface area contributed by atoms with Crippen molar-refractivity contribution in [2.45, 2.75) is 36.9 Å². The number of sulfonamides is 1. The minimum Gasteiger partial charge on any atom is -0.379 e. The van der Waals surface area contributed by atoms with Crippen LogP contribution in [-0.4, -0.2) is 45.6 Å².